The van der Waals surface area contributed by atoms with E-state index < -0.39 is 0 Å². The van der Waals surface area contributed by atoms with Crippen LogP contribution in [0, 0.1) is 0 Å². The topological polar surface area (TPSA) is 65.5 Å². The molecule has 0 aromatic heterocycles. The van der Waals surface area contributed by atoms with Crippen LogP contribution >= 0.6 is 11.6 Å². The second kappa shape index (κ2) is 10.5. The van der Waals surface area contributed by atoms with Crippen LogP contribution in [-0.2, 0) is 17.8 Å². The Morgan fingerprint density at radius 1 is 1.08 bits per heavy atom. The van der Waals surface area contributed by atoms with Gasteiger partial charge in [0.2, 0.25) is 5.91 Å². The quantitative estimate of drug-likeness (QED) is 0.514. The van der Waals surface area contributed by atoms with E-state index in [1.807, 2.05) is 49.4 Å². The predicted molar refractivity (Wildman–Crippen MR) is 109 cm³/mol. The molecule has 0 saturated heterocycles. The van der Waals surface area contributed by atoms with Gasteiger partial charge in [-0.3, -0.25) is 4.79 Å². The van der Waals surface area contributed by atoms with Gasteiger partial charge in [-0.05, 0) is 48.7 Å². The number of aliphatic imine (C=N–C) groups is 1. The van der Waals surface area contributed by atoms with Crippen molar-refractivity contribution in [2.24, 2.45) is 4.99 Å². The first-order chi connectivity index (χ1) is 12.6. The van der Waals surface area contributed by atoms with Crippen molar-refractivity contribution in [1.82, 2.24) is 10.6 Å². The number of nitrogens with zero attached hydrogens (tertiary/aromatic N) is 1. The highest BCUT2D eigenvalue weighted by Gasteiger charge is 2.01. The van der Waals surface area contributed by atoms with Crippen molar-refractivity contribution in [1.29, 1.82) is 0 Å². The molecule has 5 nitrogen and oxygen atoms in total. The van der Waals surface area contributed by atoms with Crippen molar-refractivity contribution in [2.45, 2.75) is 26.8 Å². The van der Waals surface area contributed by atoms with Gasteiger partial charge in [0.25, 0.3) is 0 Å². The summed E-state index contributed by atoms with van der Waals surface area (Å²) in [5.41, 5.74) is 3.00. The van der Waals surface area contributed by atoms with Crippen LogP contribution in [-0.4, -0.2) is 25.0 Å². The lowest BCUT2D eigenvalue weighted by atomic mass is 10.1. The standard InChI is InChI=1S/C20H25ClN4O/c1-3-22-20(23-11-10-16-6-4-8-18(21)12-16)24-14-17-7-5-9-19(13-17)25-15(2)26/h4-9,12-13H,3,10-11,14H2,1-2H3,(H,25,26)(H2,22,23,24). The number of amides is 1. The van der Waals surface area contributed by atoms with Crippen LogP contribution in [0.25, 0.3) is 0 Å². The van der Waals surface area contributed by atoms with Gasteiger partial charge in [0.15, 0.2) is 5.96 Å². The molecule has 26 heavy (non-hydrogen) atoms. The summed E-state index contributed by atoms with van der Waals surface area (Å²) >= 11 is 6.02. The molecule has 2 rings (SSSR count). The monoisotopic (exact) mass is 372 g/mol. The van der Waals surface area contributed by atoms with E-state index in [2.05, 4.69) is 27.0 Å². The molecule has 0 heterocycles. The maximum atomic E-state index is 11.2. The molecule has 1 amide bonds. The number of hydrogen-bond donors (Lipinski definition) is 3. The van der Waals surface area contributed by atoms with Gasteiger partial charge in [0, 0.05) is 30.7 Å². The summed E-state index contributed by atoms with van der Waals surface area (Å²) in [4.78, 5) is 15.8. The first-order valence-corrected chi connectivity index (χ1v) is 9.07. The normalized spacial score (nSPS) is 11.1. The Bertz CT molecular complexity index is 761. The van der Waals surface area contributed by atoms with Gasteiger partial charge >= 0.3 is 0 Å². The van der Waals surface area contributed by atoms with E-state index in [9.17, 15) is 4.79 Å². The SMILES string of the molecule is CCNC(=NCc1cccc(NC(C)=O)c1)NCCc1cccc(Cl)c1. The zero-order chi connectivity index (χ0) is 18.8. The van der Waals surface area contributed by atoms with Crippen molar-refractivity contribution < 1.29 is 4.79 Å². The fourth-order valence-corrected chi connectivity index (χ4v) is 2.69. The molecular formula is C20H25ClN4O. The van der Waals surface area contributed by atoms with E-state index in [-0.39, 0.29) is 5.91 Å². The minimum atomic E-state index is -0.0818. The molecule has 2 aromatic rings. The molecule has 0 aliphatic carbocycles. The molecule has 138 valence electrons. The van der Waals surface area contributed by atoms with Crippen LogP contribution in [0.1, 0.15) is 25.0 Å². The number of guanidine groups is 1. The second-order valence-corrected chi connectivity index (χ2v) is 6.32. The molecular weight excluding hydrogens is 348 g/mol. The number of halogens is 1. The molecule has 2 aromatic carbocycles. The lowest BCUT2D eigenvalue weighted by molar-refractivity contribution is -0.114. The third-order valence-electron chi connectivity index (χ3n) is 3.61. The minimum absolute atomic E-state index is 0.0818. The van der Waals surface area contributed by atoms with E-state index in [0.717, 1.165) is 41.7 Å². The summed E-state index contributed by atoms with van der Waals surface area (Å²) in [6.45, 7) is 5.61. The van der Waals surface area contributed by atoms with Crippen molar-refractivity contribution in [2.75, 3.05) is 18.4 Å². The largest absolute Gasteiger partial charge is 0.357 e. The molecule has 0 atom stereocenters. The van der Waals surface area contributed by atoms with Crippen LogP contribution in [0.15, 0.2) is 53.5 Å². The van der Waals surface area contributed by atoms with Crippen molar-refractivity contribution >= 4 is 29.2 Å². The summed E-state index contributed by atoms with van der Waals surface area (Å²) in [6.07, 6.45) is 0.864. The van der Waals surface area contributed by atoms with Crippen molar-refractivity contribution in [3.05, 3.63) is 64.7 Å². The maximum Gasteiger partial charge on any atom is 0.221 e. The van der Waals surface area contributed by atoms with Gasteiger partial charge in [-0.25, -0.2) is 4.99 Å². The predicted octanol–water partition coefficient (Wildman–Crippen LogP) is 3.60. The van der Waals surface area contributed by atoms with Crippen LogP contribution in [0.4, 0.5) is 5.69 Å². The summed E-state index contributed by atoms with van der Waals surface area (Å²) in [6, 6.07) is 15.6. The second-order valence-electron chi connectivity index (χ2n) is 5.88. The van der Waals surface area contributed by atoms with Gasteiger partial charge in [-0.15, -0.1) is 0 Å². The number of hydrogen-bond acceptors (Lipinski definition) is 2. The first-order valence-electron chi connectivity index (χ1n) is 8.70. The van der Waals surface area contributed by atoms with Crippen LogP contribution in [0.3, 0.4) is 0 Å². The van der Waals surface area contributed by atoms with E-state index in [4.69, 9.17) is 11.6 Å². The molecule has 3 N–H and O–H groups in total. The average molecular weight is 373 g/mol. The first kappa shape index (κ1) is 19.8. The Kier molecular flexibility index (Phi) is 7.96. The fraction of sp³-hybridized carbons (Fsp3) is 0.300. The molecule has 0 spiro atoms. The molecule has 0 unspecified atom stereocenters. The average Bonchev–Trinajstić information content (AvgIpc) is 2.59. The fourth-order valence-electron chi connectivity index (χ4n) is 2.48. The number of benzene rings is 2. The Morgan fingerprint density at radius 3 is 2.58 bits per heavy atom. The molecule has 0 bridgehead atoms. The maximum absolute atomic E-state index is 11.2. The lowest BCUT2D eigenvalue weighted by Crippen LogP contribution is -2.38. The zero-order valence-corrected chi connectivity index (χ0v) is 15.9. The molecule has 0 aliphatic heterocycles. The third kappa shape index (κ3) is 7.15. The lowest BCUT2D eigenvalue weighted by Gasteiger charge is -2.12. The van der Waals surface area contributed by atoms with Gasteiger partial charge in [0.05, 0.1) is 6.54 Å². The van der Waals surface area contributed by atoms with Crippen LogP contribution in [0.2, 0.25) is 5.02 Å². The van der Waals surface area contributed by atoms with Gasteiger partial charge < -0.3 is 16.0 Å². The zero-order valence-electron chi connectivity index (χ0n) is 15.2. The smallest absolute Gasteiger partial charge is 0.221 e. The number of carbonyl (C=O) groups excluding carboxylic acids is 1. The number of rotatable bonds is 7. The summed E-state index contributed by atoms with van der Waals surface area (Å²) in [5.74, 6) is 0.682. The summed E-state index contributed by atoms with van der Waals surface area (Å²) in [5, 5.41) is 10.1. The van der Waals surface area contributed by atoms with Gasteiger partial charge in [-0.2, -0.15) is 0 Å². The number of anilines is 1. The Hall–Kier alpha value is -2.53. The minimum Gasteiger partial charge on any atom is -0.357 e. The number of nitrogens with one attached hydrogen (secondary N) is 3. The Balaban J connectivity index is 1.92. The highest BCUT2D eigenvalue weighted by molar-refractivity contribution is 6.30. The van der Waals surface area contributed by atoms with E-state index in [1.54, 1.807) is 0 Å². The highest BCUT2D eigenvalue weighted by Crippen LogP contribution is 2.12. The summed E-state index contributed by atoms with van der Waals surface area (Å²) in [7, 11) is 0. The van der Waals surface area contributed by atoms with E-state index >= 15 is 0 Å². The van der Waals surface area contributed by atoms with Crippen molar-refractivity contribution in [3.63, 3.8) is 0 Å². The van der Waals surface area contributed by atoms with Crippen LogP contribution in [0.5, 0.6) is 0 Å². The Labute approximate surface area is 159 Å². The highest BCUT2D eigenvalue weighted by atomic mass is 35.5. The van der Waals surface area contributed by atoms with Crippen molar-refractivity contribution in [3.8, 4) is 0 Å². The number of carbonyl (C=O) groups is 1. The molecule has 0 fully saturated rings. The third-order valence-corrected chi connectivity index (χ3v) is 3.84. The van der Waals surface area contributed by atoms with E-state index in [1.165, 1.54) is 12.5 Å². The Morgan fingerprint density at radius 2 is 1.85 bits per heavy atom. The molecule has 0 aliphatic rings. The molecule has 0 saturated carbocycles. The summed E-state index contributed by atoms with van der Waals surface area (Å²) < 4.78 is 0. The molecule has 6 heteroatoms. The van der Waals surface area contributed by atoms with Gasteiger partial charge in [0.1, 0.15) is 0 Å². The van der Waals surface area contributed by atoms with Crippen LogP contribution < -0.4 is 16.0 Å². The van der Waals surface area contributed by atoms with Gasteiger partial charge in [-0.1, -0.05) is 35.9 Å². The van der Waals surface area contributed by atoms with E-state index in [0.29, 0.717) is 6.54 Å². The molecule has 0 radical (unpaired) electrons.